The highest BCUT2D eigenvalue weighted by Gasteiger charge is 2.30. The number of hydrogen-bond donors (Lipinski definition) is 0. The summed E-state index contributed by atoms with van der Waals surface area (Å²) in [7, 11) is 0. The molecule has 1 nitrogen and oxygen atoms in total. The maximum atomic E-state index is 12.7. The fourth-order valence-corrected chi connectivity index (χ4v) is 2.81. The molecule has 21 heavy (non-hydrogen) atoms. The van der Waals surface area contributed by atoms with E-state index in [2.05, 4.69) is 4.98 Å². The van der Waals surface area contributed by atoms with E-state index in [9.17, 15) is 13.2 Å². The van der Waals surface area contributed by atoms with Gasteiger partial charge in [0.1, 0.15) is 5.01 Å². The molecule has 0 radical (unpaired) electrons. The van der Waals surface area contributed by atoms with Crippen LogP contribution < -0.4 is 0 Å². The first-order valence-corrected chi connectivity index (χ1v) is 7.10. The van der Waals surface area contributed by atoms with Crippen molar-refractivity contribution in [2.75, 3.05) is 0 Å². The zero-order chi connectivity index (χ0) is 14.9. The minimum absolute atomic E-state index is 0.475. The molecule has 106 valence electrons. The maximum Gasteiger partial charge on any atom is 0.416 e. The second kappa shape index (κ2) is 5.33. The number of nitrogens with zero attached hydrogens (tertiary/aromatic N) is 1. The van der Waals surface area contributed by atoms with E-state index in [4.69, 9.17) is 0 Å². The second-order valence-corrected chi connectivity index (χ2v) is 5.34. The van der Waals surface area contributed by atoms with Gasteiger partial charge in [-0.05, 0) is 12.1 Å². The topological polar surface area (TPSA) is 12.9 Å². The van der Waals surface area contributed by atoms with Gasteiger partial charge < -0.3 is 0 Å². The number of rotatable bonds is 2. The predicted molar refractivity (Wildman–Crippen MR) is 78.0 cm³/mol. The van der Waals surface area contributed by atoms with Crippen LogP contribution in [0.1, 0.15) is 5.56 Å². The van der Waals surface area contributed by atoms with Crippen molar-refractivity contribution in [3.8, 4) is 21.8 Å². The summed E-state index contributed by atoms with van der Waals surface area (Å²) in [6.07, 6.45) is -4.34. The Hall–Kier alpha value is -2.14. The lowest BCUT2D eigenvalue weighted by Gasteiger charge is -2.07. The molecule has 0 amide bonds. The van der Waals surface area contributed by atoms with Gasteiger partial charge >= 0.3 is 6.18 Å². The molecule has 0 atom stereocenters. The minimum Gasteiger partial charge on any atom is -0.236 e. The first-order chi connectivity index (χ1) is 10.0. The summed E-state index contributed by atoms with van der Waals surface area (Å²) in [6.45, 7) is 0. The summed E-state index contributed by atoms with van der Waals surface area (Å²) < 4.78 is 38.2. The number of aromatic nitrogens is 1. The lowest BCUT2D eigenvalue weighted by molar-refractivity contribution is -0.137. The molecule has 3 aromatic rings. The van der Waals surface area contributed by atoms with Crippen LogP contribution in [0.3, 0.4) is 0 Å². The molecule has 0 aliphatic rings. The molecule has 0 unspecified atom stereocenters. The smallest absolute Gasteiger partial charge is 0.236 e. The third kappa shape index (κ3) is 2.97. The molecule has 0 aliphatic heterocycles. The summed E-state index contributed by atoms with van der Waals surface area (Å²) in [5.74, 6) is 0. The average molecular weight is 305 g/mol. The summed E-state index contributed by atoms with van der Waals surface area (Å²) in [5, 5.41) is 2.57. The molecule has 0 spiro atoms. The number of thiazole rings is 1. The van der Waals surface area contributed by atoms with Gasteiger partial charge in [0.2, 0.25) is 0 Å². The molecular weight excluding hydrogens is 295 g/mol. The lowest BCUT2D eigenvalue weighted by Crippen LogP contribution is -2.04. The Morgan fingerprint density at radius 2 is 1.57 bits per heavy atom. The van der Waals surface area contributed by atoms with E-state index in [0.717, 1.165) is 22.7 Å². The number of benzene rings is 2. The fraction of sp³-hybridized carbons (Fsp3) is 0.0625. The van der Waals surface area contributed by atoms with E-state index >= 15 is 0 Å². The zero-order valence-corrected chi connectivity index (χ0v) is 11.6. The highest BCUT2D eigenvalue weighted by atomic mass is 32.1. The van der Waals surface area contributed by atoms with Gasteiger partial charge in [0.05, 0.1) is 11.3 Å². The Labute approximate surface area is 123 Å². The largest absolute Gasteiger partial charge is 0.416 e. The predicted octanol–water partition coefficient (Wildman–Crippen LogP) is 5.50. The first-order valence-electron chi connectivity index (χ1n) is 6.22. The van der Waals surface area contributed by atoms with Crippen molar-refractivity contribution in [3.05, 3.63) is 65.5 Å². The summed E-state index contributed by atoms with van der Waals surface area (Å²) in [5.41, 5.74) is 1.34. The van der Waals surface area contributed by atoms with Crippen LogP contribution >= 0.6 is 11.3 Å². The molecule has 0 bridgehead atoms. The quantitative estimate of drug-likeness (QED) is 0.609. The van der Waals surface area contributed by atoms with E-state index in [1.165, 1.54) is 17.4 Å². The van der Waals surface area contributed by atoms with Crippen molar-refractivity contribution in [2.24, 2.45) is 0 Å². The highest BCUT2D eigenvalue weighted by molar-refractivity contribution is 7.13. The highest BCUT2D eigenvalue weighted by Crippen LogP contribution is 2.33. The molecule has 1 aromatic heterocycles. The first kappa shape index (κ1) is 13.8. The van der Waals surface area contributed by atoms with Crippen LogP contribution in [-0.2, 0) is 6.18 Å². The van der Waals surface area contributed by atoms with Gasteiger partial charge in [0.25, 0.3) is 0 Å². The van der Waals surface area contributed by atoms with Gasteiger partial charge in [0, 0.05) is 16.5 Å². The monoisotopic (exact) mass is 305 g/mol. The number of halogens is 3. The molecule has 0 N–H and O–H groups in total. The van der Waals surface area contributed by atoms with E-state index < -0.39 is 11.7 Å². The second-order valence-electron chi connectivity index (χ2n) is 4.48. The van der Waals surface area contributed by atoms with Gasteiger partial charge in [-0.1, -0.05) is 42.5 Å². The van der Waals surface area contributed by atoms with Crippen LogP contribution in [0.5, 0.6) is 0 Å². The Morgan fingerprint density at radius 1 is 0.857 bits per heavy atom. The van der Waals surface area contributed by atoms with E-state index in [1.807, 2.05) is 30.3 Å². The van der Waals surface area contributed by atoms with Crippen LogP contribution in [0.2, 0.25) is 0 Å². The molecule has 3 rings (SSSR count). The molecule has 0 fully saturated rings. The molecule has 5 heteroatoms. The van der Waals surface area contributed by atoms with Crippen molar-refractivity contribution in [1.82, 2.24) is 4.98 Å². The third-order valence-corrected chi connectivity index (χ3v) is 3.90. The van der Waals surface area contributed by atoms with Gasteiger partial charge in [-0.25, -0.2) is 4.98 Å². The molecule has 1 heterocycles. The van der Waals surface area contributed by atoms with Gasteiger partial charge in [-0.15, -0.1) is 11.3 Å². The van der Waals surface area contributed by atoms with E-state index in [1.54, 1.807) is 11.4 Å². The third-order valence-electron chi connectivity index (χ3n) is 3.01. The fourth-order valence-electron chi connectivity index (χ4n) is 1.97. The normalized spacial score (nSPS) is 11.6. The van der Waals surface area contributed by atoms with Crippen molar-refractivity contribution >= 4 is 11.3 Å². The summed E-state index contributed by atoms with van der Waals surface area (Å²) >= 11 is 1.42. The van der Waals surface area contributed by atoms with Crippen LogP contribution in [0, 0.1) is 0 Å². The van der Waals surface area contributed by atoms with Gasteiger partial charge in [0.15, 0.2) is 0 Å². The Morgan fingerprint density at radius 3 is 2.29 bits per heavy atom. The maximum absolute atomic E-state index is 12.7. The summed E-state index contributed by atoms with van der Waals surface area (Å²) in [4.78, 5) is 4.43. The van der Waals surface area contributed by atoms with Gasteiger partial charge in [-0.3, -0.25) is 0 Å². The van der Waals surface area contributed by atoms with Crippen LogP contribution in [0.15, 0.2) is 60.0 Å². The van der Waals surface area contributed by atoms with E-state index in [-0.39, 0.29) is 0 Å². The SMILES string of the molecule is FC(F)(F)c1cccc(-c2csc(-c3ccccc3)n2)c1. The Kier molecular flexibility index (Phi) is 3.51. The van der Waals surface area contributed by atoms with E-state index in [0.29, 0.717) is 11.3 Å². The molecular formula is C16H10F3NS. The Bertz CT molecular complexity index is 747. The van der Waals surface area contributed by atoms with Crippen molar-refractivity contribution in [1.29, 1.82) is 0 Å². The zero-order valence-electron chi connectivity index (χ0n) is 10.8. The minimum atomic E-state index is -4.34. The average Bonchev–Trinajstić information content (AvgIpc) is 2.97. The summed E-state index contributed by atoms with van der Waals surface area (Å²) in [6, 6.07) is 14.8. The molecule has 0 saturated heterocycles. The Balaban J connectivity index is 1.97. The van der Waals surface area contributed by atoms with Crippen LogP contribution in [-0.4, -0.2) is 4.98 Å². The standard InChI is InChI=1S/C16H10F3NS/c17-16(18,19)13-8-4-7-12(9-13)14-10-21-15(20-14)11-5-2-1-3-6-11/h1-10H. The van der Waals surface area contributed by atoms with Crippen LogP contribution in [0.25, 0.3) is 21.8 Å². The van der Waals surface area contributed by atoms with Crippen molar-refractivity contribution in [3.63, 3.8) is 0 Å². The lowest BCUT2D eigenvalue weighted by atomic mass is 10.1. The molecule has 0 saturated carbocycles. The van der Waals surface area contributed by atoms with Gasteiger partial charge in [-0.2, -0.15) is 13.2 Å². The number of hydrogen-bond acceptors (Lipinski definition) is 2. The van der Waals surface area contributed by atoms with Crippen LogP contribution in [0.4, 0.5) is 13.2 Å². The number of alkyl halides is 3. The molecule has 2 aromatic carbocycles. The molecule has 0 aliphatic carbocycles. The van der Waals surface area contributed by atoms with Crippen molar-refractivity contribution < 1.29 is 13.2 Å². The van der Waals surface area contributed by atoms with Crippen molar-refractivity contribution in [2.45, 2.75) is 6.18 Å².